The molecule has 1 aromatic rings. The van der Waals surface area contributed by atoms with Crippen molar-refractivity contribution in [2.75, 3.05) is 12.3 Å². The Balaban J connectivity index is 2.28. The quantitative estimate of drug-likeness (QED) is 0.678. The predicted molar refractivity (Wildman–Crippen MR) is 54.4 cm³/mol. The number of rotatable bonds is 2. The molecular weight excluding hydrogens is 284 g/mol. The molecule has 1 fully saturated rings. The topological polar surface area (TPSA) is 90.4 Å². The number of nitrogens with zero attached hydrogens (tertiary/aromatic N) is 2. The van der Waals surface area contributed by atoms with Gasteiger partial charge in [0.05, 0.1) is 0 Å². The molecule has 2 atom stereocenters. The van der Waals surface area contributed by atoms with Gasteiger partial charge < -0.3 is 0 Å². The summed E-state index contributed by atoms with van der Waals surface area (Å²) in [6, 6.07) is 0. The van der Waals surface area contributed by atoms with Crippen molar-refractivity contribution in [1.82, 2.24) is 9.55 Å². The van der Waals surface area contributed by atoms with Gasteiger partial charge in [0.2, 0.25) is 0 Å². The number of hydrogen-bond donors (Lipinski definition) is 2. The Kier molecular flexibility index (Phi) is 3.25. The third-order valence-electron chi connectivity index (χ3n) is 2.13. The van der Waals surface area contributed by atoms with Crippen molar-refractivity contribution in [1.29, 1.82) is 0 Å². The van der Waals surface area contributed by atoms with E-state index in [-0.39, 0.29) is 26.6 Å². The number of aliphatic hydroxyl groups is 1. The fourth-order valence-electron chi connectivity index (χ4n) is 1.35. The molecule has 0 aliphatic carbocycles. The van der Waals surface area contributed by atoms with Crippen LogP contribution in [0.25, 0.3) is 0 Å². The number of hydrogen-bond acceptors (Lipinski definition) is 5. The van der Waals surface area contributed by atoms with Gasteiger partial charge in [-0.05, 0) is 0 Å². The van der Waals surface area contributed by atoms with Crippen LogP contribution in [0.1, 0.15) is 6.23 Å². The molecule has 1 aromatic heterocycles. The second-order valence-corrected chi connectivity index (χ2v) is 5.70. The van der Waals surface area contributed by atoms with Gasteiger partial charge in [-0.15, -0.1) is 0 Å². The number of anilines is 1. The van der Waals surface area contributed by atoms with Crippen LogP contribution >= 0.6 is 0 Å². The van der Waals surface area contributed by atoms with E-state index in [0.29, 0.717) is 5.32 Å². The maximum absolute atomic E-state index is 13.1. The summed E-state index contributed by atoms with van der Waals surface area (Å²) in [6.07, 6.45) is 0.442. The van der Waals surface area contributed by atoms with Crippen molar-refractivity contribution in [3.63, 3.8) is 0 Å². The summed E-state index contributed by atoms with van der Waals surface area (Å²) in [4.78, 5) is 14.8. The molecule has 0 bridgehead atoms. The van der Waals surface area contributed by atoms with E-state index in [2.05, 4.69) is 4.98 Å². The van der Waals surface area contributed by atoms with Crippen LogP contribution in [-0.4, -0.2) is 41.2 Å². The van der Waals surface area contributed by atoms with E-state index in [1.165, 1.54) is 0 Å². The molecular formula is C8H10FN3O3Se. The van der Waals surface area contributed by atoms with E-state index in [1.54, 1.807) is 0 Å². The molecule has 0 radical (unpaired) electrons. The molecule has 0 spiro atoms. The van der Waals surface area contributed by atoms with Gasteiger partial charge in [0, 0.05) is 0 Å². The number of nitrogens with two attached hydrogens (primary N) is 1. The molecule has 2 rings (SSSR count). The molecule has 88 valence electrons. The molecule has 0 saturated carbocycles. The van der Waals surface area contributed by atoms with Gasteiger partial charge in [-0.25, -0.2) is 0 Å². The molecule has 0 amide bonds. The molecule has 2 unspecified atom stereocenters. The van der Waals surface area contributed by atoms with Gasteiger partial charge in [0.25, 0.3) is 0 Å². The Morgan fingerprint density at radius 1 is 1.81 bits per heavy atom. The Morgan fingerprint density at radius 2 is 2.56 bits per heavy atom. The Labute approximate surface area is 96.4 Å². The van der Waals surface area contributed by atoms with Crippen LogP contribution < -0.4 is 11.4 Å². The molecule has 0 aromatic carbocycles. The van der Waals surface area contributed by atoms with E-state index in [4.69, 9.17) is 15.6 Å². The van der Waals surface area contributed by atoms with Crippen molar-refractivity contribution in [2.24, 2.45) is 0 Å². The van der Waals surface area contributed by atoms with Crippen molar-refractivity contribution in [3.8, 4) is 0 Å². The molecule has 16 heavy (non-hydrogen) atoms. The van der Waals surface area contributed by atoms with Crippen LogP contribution in [0.2, 0.25) is 5.32 Å². The van der Waals surface area contributed by atoms with Gasteiger partial charge in [0.1, 0.15) is 0 Å². The van der Waals surface area contributed by atoms with E-state index in [1.807, 2.05) is 0 Å². The van der Waals surface area contributed by atoms with E-state index < -0.39 is 23.6 Å². The first-order chi connectivity index (χ1) is 7.61. The molecule has 6 nitrogen and oxygen atoms in total. The summed E-state index contributed by atoms with van der Waals surface area (Å²) in [7, 11) is 0. The van der Waals surface area contributed by atoms with Crippen molar-refractivity contribution in [2.45, 2.75) is 16.5 Å². The first kappa shape index (κ1) is 11.5. The van der Waals surface area contributed by atoms with E-state index in [0.717, 1.165) is 10.8 Å². The Morgan fingerprint density at radius 3 is 3.19 bits per heavy atom. The molecule has 3 N–H and O–H groups in total. The second-order valence-electron chi connectivity index (χ2n) is 3.20. The SMILES string of the molecule is Nc1nc(=O)n(C2C[Se]C(CO)O2)cc1F. The van der Waals surface area contributed by atoms with Crippen LogP contribution in [0.15, 0.2) is 11.0 Å². The summed E-state index contributed by atoms with van der Waals surface area (Å²) in [5.41, 5.74) is 4.52. The normalized spacial score (nSPS) is 24.9. The van der Waals surface area contributed by atoms with Gasteiger partial charge in [-0.2, -0.15) is 0 Å². The fourth-order valence-corrected chi connectivity index (χ4v) is 3.30. The van der Waals surface area contributed by atoms with Crippen molar-refractivity contribution in [3.05, 3.63) is 22.5 Å². The first-order valence-corrected chi connectivity index (χ1v) is 6.74. The Bertz CT molecular complexity index is 453. The standard InChI is InChI=1S/C8H10FN3O3Se/c9-4-1-12(8(14)11-7(4)10)5-3-16-6(2-13)15-5/h1,5-6,13H,2-3H2,(H2,10,11,14). The number of aromatic nitrogens is 2. The second kappa shape index (κ2) is 4.50. The monoisotopic (exact) mass is 295 g/mol. The van der Waals surface area contributed by atoms with Crippen LogP contribution in [-0.2, 0) is 4.74 Å². The summed E-state index contributed by atoms with van der Waals surface area (Å²) in [5, 5.41) is 9.25. The molecule has 8 heteroatoms. The van der Waals surface area contributed by atoms with Crippen LogP contribution in [0, 0.1) is 5.82 Å². The summed E-state index contributed by atoms with van der Waals surface area (Å²) < 4.78 is 19.6. The number of halogens is 1. The zero-order valence-corrected chi connectivity index (χ0v) is 9.88. The maximum atomic E-state index is 13.1. The Hall–Kier alpha value is -0.951. The van der Waals surface area contributed by atoms with E-state index in [9.17, 15) is 9.18 Å². The van der Waals surface area contributed by atoms with Crippen molar-refractivity contribution < 1.29 is 14.2 Å². The molecule has 2 heterocycles. The van der Waals surface area contributed by atoms with Crippen molar-refractivity contribution >= 4 is 20.8 Å². The average Bonchev–Trinajstić information content (AvgIpc) is 2.71. The molecule has 1 aliphatic rings. The van der Waals surface area contributed by atoms with E-state index >= 15 is 0 Å². The number of nitrogen functional groups attached to an aromatic ring is 1. The fraction of sp³-hybridized carbons (Fsp3) is 0.500. The molecule has 1 saturated heterocycles. The number of ether oxygens (including phenoxy) is 1. The summed E-state index contributed by atoms with van der Waals surface area (Å²) >= 11 is 0.0801. The van der Waals surface area contributed by atoms with Crippen LogP contribution in [0.3, 0.4) is 0 Å². The first-order valence-electron chi connectivity index (χ1n) is 4.54. The van der Waals surface area contributed by atoms with Gasteiger partial charge in [0.15, 0.2) is 0 Å². The average molecular weight is 294 g/mol. The zero-order valence-electron chi connectivity index (χ0n) is 8.17. The third-order valence-corrected chi connectivity index (χ3v) is 4.45. The minimum absolute atomic E-state index is 0.0801. The summed E-state index contributed by atoms with van der Waals surface area (Å²) in [5.74, 6) is -1.16. The van der Waals surface area contributed by atoms with Crippen LogP contribution in [0.4, 0.5) is 10.2 Å². The van der Waals surface area contributed by atoms with Gasteiger partial charge in [-0.1, -0.05) is 0 Å². The van der Waals surface area contributed by atoms with Gasteiger partial charge in [-0.3, -0.25) is 0 Å². The summed E-state index contributed by atoms with van der Waals surface area (Å²) in [6.45, 7) is -0.0872. The minimum atomic E-state index is -0.747. The van der Waals surface area contributed by atoms with Gasteiger partial charge >= 0.3 is 95.9 Å². The number of aliphatic hydroxyl groups excluding tert-OH is 1. The zero-order chi connectivity index (χ0) is 11.7. The molecule has 1 aliphatic heterocycles. The predicted octanol–water partition coefficient (Wildman–Crippen LogP) is -1.07. The third kappa shape index (κ3) is 2.10. The van der Waals surface area contributed by atoms with Crippen LogP contribution in [0.5, 0.6) is 0 Å².